The Bertz CT molecular complexity index is 760. The molecule has 1 aliphatic rings. The number of aliphatic imine (C=N–C) groups is 1. The van der Waals surface area contributed by atoms with Gasteiger partial charge in [0.15, 0.2) is 5.96 Å². The van der Waals surface area contributed by atoms with Crippen molar-refractivity contribution in [1.82, 2.24) is 20.8 Å². The highest BCUT2D eigenvalue weighted by molar-refractivity contribution is 6.30. The highest BCUT2D eigenvalue weighted by Crippen LogP contribution is 2.18. The second-order valence-corrected chi connectivity index (χ2v) is 7.19. The fraction of sp³-hybridized carbons (Fsp3) is 0.550. The number of nitrogens with zero attached hydrogens (tertiary/aromatic N) is 3. The maximum absolute atomic E-state index is 5.90. The monoisotopic (exact) mass is 421 g/mol. The third-order valence-corrected chi connectivity index (χ3v) is 4.76. The lowest BCUT2D eigenvalue weighted by Crippen LogP contribution is -2.39. The Morgan fingerprint density at radius 1 is 1.28 bits per heavy atom. The third-order valence-electron chi connectivity index (χ3n) is 4.51. The average molecular weight is 422 g/mol. The summed E-state index contributed by atoms with van der Waals surface area (Å²) in [4.78, 5) is 8.63. The second-order valence-electron chi connectivity index (χ2n) is 6.76. The predicted octanol–water partition coefficient (Wildman–Crippen LogP) is 2.68. The molecule has 1 unspecified atom stereocenters. The highest BCUT2D eigenvalue weighted by atomic mass is 35.5. The lowest BCUT2D eigenvalue weighted by atomic mass is 10.2. The number of benzene rings is 1. The van der Waals surface area contributed by atoms with Crippen LogP contribution < -0.4 is 10.6 Å². The standard InChI is InChI=1S/C20H28ClN5O3/c1-22-20(23-10-3-12-27-14-17-4-2-13-28-17)24-11-9-18-25-19(26-29-18)15-5-7-16(21)8-6-15/h5-8,17H,2-4,9-14H2,1H3,(H2,22,23,24). The minimum Gasteiger partial charge on any atom is -0.379 e. The zero-order valence-corrected chi connectivity index (χ0v) is 17.5. The van der Waals surface area contributed by atoms with Gasteiger partial charge in [0.25, 0.3) is 0 Å². The predicted molar refractivity (Wildman–Crippen MR) is 112 cm³/mol. The van der Waals surface area contributed by atoms with E-state index in [1.165, 1.54) is 0 Å². The molecule has 0 bridgehead atoms. The van der Waals surface area contributed by atoms with Crippen LogP contribution >= 0.6 is 11.6 Å². The Balaban J connectivity index is 1.29. The van der Waals surface area contributed by atoms with Crippen LogP contribution in [0.1, 0.15) is 25.2 Å². The molecule has 0 aliphatic carbocycles. The van der Waals surface area contributed by atoms with Crippen molar-refractivity contribution in [1.29, 1.82) is 0 Å². The van der Waals surface area contributed by atoms with Crippen molar-refractivity contribution in [2.24, 2.45) is 4.99 Å². The van der Waals surface area contributed by atoms with Crippen LogP contribution in [-0.2, 0) is 15.9 Å². The first kappa shape index (κ1) is 21.5. The Labute approximate surface area is 176 Å². The summed E-state index contributed by atoms with van der Waals surface area (Å²) in [6.45, 7) is 3.68. The molecule has 2 N–H and O–H groups in total. The lowest BCUT2D eigenvalue weighted by molar-refractivity contribution is 0.0168. The van der Waals surface area contributed by atoms with Crippen LogP contribution in [-0.4, -0.2) is 62.2 Å². The van der Waals surface area contributed by atoms with E-state index in [1.54, 1.807) is 19.2 Å². The summed E-state index contributed by atoms with van der Waals surface area (Å²) in [5, 5.41) is 11.2. The molecule has 1 atom stereocenters. The van der Waals surface area contributed by atoms with Crippen molar-refractivity contribution in [3.8, 4) is 11.4 Å². The summed E-state index contributed by atoms with van der Waals surface area (Å²) in [6, 6.07) is 7.34. The maximum Gasteiger partial charge on any atom is 0.228 e. The van der Waals surface area contributed by atoms with Gasteiger partial charge >= 0.3 is 0 Å². The van der Waals surface area contributed by atoms with E-state index in [0.717, 1.165) is 43.9 Å². The Morgan fingerprint density at radius 3 is 2.86 bits per heavy atom. The zero-order valence-electron chi connectivity index (χ0n) is 16.7. The van der Waals surface area contributed by atoms with E-state index in [1.807, 2.05) is 12.1 Å². The van der Waals surface area contributed by atoms with Gasteiger partial charge in [-0.2, -0.15) is 4.98 Å². The van der Waals surface area contributed by atoms with Crippen molar-refractivity contribution in [3.63, 3.8) is 0 Å². The lowest BCUT2D eigenvalue weighted by Gasteiger charge is -2.12. The molecule has 2 aromatic rings. The van der Waals surface area contributed by atoms with Gasteiger partial charge in [-0.05, 0) is 43.5 Å². The number of nitrogens with one attached hydrogen (secondary N) is 2. The van der Waals surface area contributed by atoms with Crippen LogP contribution in [0.2, 0.25) is 5.02 Å². The van der Waals surface area contributed by atoms with Crippen LogP contribution in [0.25, 0.3) is 11.4 Å². The van der Waals surface area contributed by atoms with Gasteiger partial charge in [-0.3, -0.25) is 4.99 Å². The summed E-state index contributed by atoms with van der Waals surface area (Å²) >= 11 is 5.90. The summed E-state index contributed by atoms with van der Waals surface area (Å²) in [5.41, 5.74) is 0.872. The first-order valence-corrected chi connectivity index (χ1v) is 10.3. The Kier molecular flexibility index (Phi) is 8.73. The number of halogens is 1. The second kappa shape index (κ2) is 11.7. The van der Waals surface area contributed by atoms with Crippen LogP contribution in [0, 0.1) is 0 Å². The van der Waals surface area contributed by atoms with Gasteiger partial charge in [-0.15, -0.1) is 0 Å². The number of ether oxygens (including phenoxy) is 2. The molecule has 3 rings (SSSR count). The fourth-order valence-electron chi connectivity index (χ4n) is 2.95. The topological polar surface area (TPSA) is 93.8 Å². The van der Waals surface area contributed by atoms with Crippen LogP contribution in [0.5, 0.6) is 0 Å². The smallest absolute Gasteiger partial charge is 0.228 e. The molecule has 8 nitrogen and oxygen atoms in total. The molecule has 29 heavy (non-hydrogen) atoms. The normalized spacial score (nSPS) is 16.9. The van der Waals surface area contributed by atoms with Gasteiger partial charge in [0.05, 0.1) is 12.7 Å². The van der Waals surface area contributed by atoms with E-state index >= 15 is 0 Å². The quantitative estimate of drug-likeness (QED) is 0.346. The van der Waals surface area contributed by atoms with Gasteiger partial charge in [0.1, 0.15) is 0 Å². The van der Waals surface area contributed by atoms with Gasteiger partial charge in [0.2, 0.25) is 11.7 Å². The minimum atomic E-state index is 0.280. The Morgan fingerprint density at radius 2 is 2.10 bits per heavy atom. The summed E-state index contributed by atoms with van der Waals surface area (Å²) in [5.74, 6) is 1.86. The van der Waals surface area contributed by atoms with Crippen molar-refractivity contribution < 1.29 is 14.0 Å². The third kappa shape index (κ3) is 7.30. The number of hydrogen-bond acceptors (Lipinski definition) is 6. The zero-order chi connectivity index (χ0) is 20.3. The largest absolute Gasteiger partial charge is 0.379 e. The molecule has 1 aromatic heterocycles. The van der Waals surface area contributed by atoms with Crippen LogP contribution in [0.15, 0.2) is 33.8 Å². The average Bonchev–Trinajstić information content (AvgIpc) is 3.42. The number of aromatic nitrogens is 2. The first-order valence-electron chi connectivity index (χ1n) is 9.97. The molecule has 158 valence electrons. The summed E-state index contributed by atoms with van der Waals surface area (Å²) in [7, 11) is 1.74. The summed E-state index contributed by atoms with van der Waals surface area (Å²) < 4.78 is 16.5. The van der Waals surface area contributed by atoms with Gasteiger partial charge < -0.3 is 24.6 Å². The van der Waals surface area contributed by atoms with E-state index in [4.69, 9.17) is 25.6 Å². The molecular weight excluding hydrogens is 394 g/mol. The van der Waals surface area contributed by atoms with Crippen LogP contribution in [0.3, 0.4) is 0 Å². The van der Waals surface area contributed by atoms with Crippen molar-refractivity contribution in [2.75, 3.05) is 40.0 Å². The molecule has 9 heteroatoms. The van der Waals surface area contributed by atoms with E-state index in [9.17, 15) is 0 Å². The molecule has 1 aromatic carbocycles. The van der Waals surface area contributed by atoms with E-state index in [0.29, 0.717) is 42.9 Å². The van der Waals surface area contributed by atoms with Crippen molar-refractivity contribution in [2.45, 2.75) is 31.8 Å². The molecule has 1 saturated heterocycles. The maximum atomic E-state index is 5.90. The molecular formula is C20H28ClN5O3. The molecule has 0 radical (unpaired) electrons. The number of hydrogen-bond donors (Lipinski definition) is 2. The molecule has 0 spiro atoms. The SMILES string of the molecule is CN=C(NCCCOCC1CCCO1)NCCc1nc(-c2ccc(Cl)cc2)no1. The van der Waals surface area contributed by atoms with Gasteiger partial charge in [0, 0.05) is 50.4 Å². The molecule has 2 heterocycles. The van der Waals surface area contributed by atoms with Gasteiger partial charge in [-0.25, -0.2) is 0 Å². The molecule has 1 fully saturated rings. The van der Waals surface area contributed by atoms with E-state index < -0.39 is 0 Å². The Hall–Kier alpha value is -2.16. The minimum absolute atomic E-state index is 0.280. The van der Waals surface area contributed by atoms with E-state index in [-0.39, 0.29) is 6.10 Å². The molecule has 0 saturated carbocycles. The first-order chi connectivity index (χ1) is 14.2. The van der Waals surface area contributed by atoms with Gasteiger partial charge in [-0.1, -0.05) is 16.8 Å². The highest BCUT2D eigenvalue weighted by Gasteiger charge is 2.15. The van der Waals surface area contributed by atoms with Crippen molar-refractivity contribution >= 4 is 17.6 Å². The molecule has 1 aliphatic heterocycles. The van der Waals surface area contributed by atoms with Crippen LogP contribution in [0.4, 0.5) is 0 Å². The van der Waals surface area contributed by atoms with Crippen molar-refractivity contribution in [3.05, 3.63) is 35.2 Å². The summed E-state index contributed by atoms with van der Waals surface area (Å²) in [6.07, 6.45) is 4.04. The molecule has 0 amide bonds. The van der Waals surface area contributed by atoms with E-state index in [2.05, 4.69) is 25.8 Å². The fourth-order valence-corrected chi connectivity index (χ4v) is 3.08. The number of guanidine groups is 1. The number of rotatable bonds is 10.